The van der Waals surface area contributed by atoms with Crippen LogP contribution in [0.15, 0.2) is 41.3 Å². The van der Waals surface area contributed by atoms with Gasteiger partial charge in [0.2, 0.25) is 5.91 Å². The van der Waals surface area contributed by atoms with E-state index in [-0.39, 0.29) is 30.6 Å². The molecule has 0 saturated carbocycles. The smallest absolute Gasteiger partial charge is 0.289 e. The number of rotatable bonds is 3. The first-order chi connectivity index (χ1) is 12.1. The number of carbonyl (C=O) groups is 2. The van der Waals surface area contributed by atoms with Gasteiger partial charge in [0.1, 0.15) is 6.61 Å². The van der Waals surface area contributed by atoms with E-state index in [0.717, 1.165) is 11.1 Å². The molecule has 2 amide bonds. The zero-order chi connectivity index (χ0) is 17.4. The van der Waals surface area contributed by atoms with Gasteiger partial charge in [-0.1, -0.05) is 6.07 Å². The second-order valence-electron chi connectivity index (χ2n) is 6.44. The maximum atomic E-state index is 12.7. The molecule has 0 N–H and O–H groups in total. The summed E-state index contributed by atoms with van der Waals surface area (Å²) < 4.78 is 11.0. The van der Waals surface area contributed by atoms with Gasteiger partial charge in [-0.2, -0.15) is 0 Å². The average Bonchev–Trinajstić information content (AvgIpc) is 3.24. The lowest BCUT2D eigenvalue weighted by Gasteiger charge is -2.36. The van der Waals surface area contributed by atoms with Gasteiger partial charge in [-0.15, -0.1) is 0 Å². The van der Waals surface area contributed by atoms with E-state index in [2.05, 4.69) is 4.98 Å². The lowest BCUT2D eigenvalue weighted by molar-refractivity contribution is -0.153. The third-order valence-electron chi connectivity index (χ3n) is 4.80. The SMILES string of the molecule is Cc1ccoc1C(=O)N1C[C@@H]2[C@@H](C1)OCC(=O)N2Cc1cccnc1. The van der Waals surface area contributed by atoms with Crippen molar-refractivity contribution in [1.82, 2.24) is 14.8 Å². The van der Waals surface area contributed by atoms with Crippen LogP contribution in [0.5, 0.6) is 0 Å². The fourth-order valence-electron chi connectivity index (χ4n) is 3.46. The Morgan fingerprint density at radius 3 is 2.96 bits per heavy atom. The molecule has 7 heteroatoms. The number of aryl methyl sites for hydroxylation is 1. The Labute approximate surface area is 145 Å². The quantitative estimate of drug-likeness (QED) is 0.839. The Morgan fingerprint density at radius 2 is 2.24 bits per heavy atom. The van der Waals surface area contributed by atoms with E-state index in [4.69, 9.17) is 9.15 Å². The molecule has 4 rings (SSSR count). The third-order valence-corrected chi connectivity index (χ3v) is 4.80. The van der Waals surface area contributed by atoms with Crippen LogP contribution in [-0.4, -0.2) is 58.4 Å². The number of carbonyl (C=O) groups excluding carboxylic acids is 2. The van der Waals surface area contributed by atoms with Gasteiger partial charge >= 0.3 is 0 Å². The predicted octanol–water partition coefficient (Wildman–Crippen LogP) is 1.24. The average molecular weight is 341 g/mol. The Morgan fingerprint density at radius 1 is 1.36 bits per heavy atom. The number of nitrogens with zero attached hydrogens (tertiary/aromatic N) is 3. The summed E-state index contributed by atoms with van der Waals surface area (Å²) in [5.74, 6) is 0.131. The summed E-state index contributed by atoms with van der Waals surface area (Å²) in [5.41, 5.74) is 1.77. The van der Waals surface area contributed by atoms with Crippen LogP contribution >= 0.6 is 0 Å². The van der Waals surface area contributed by atoms with Crippen LogP contribution in [0.25, 0.3) is 0 Å². The molecule has 25 heavy (non-hydrogen) atoms. The number of ether oxygens (including phenoxy) is 1. The minimum atomic E-state index is -0.173. The van der Waals surface area contributed by atoms with Crippen LogP contribution < -0.4 is 0 Å². The van der Waals surface area contributed by atoms with Crippen molar-refractivity contribution in [2.75, 3.05) is 19.7 Å². The van der Waals surface area contributed by atoms with E-state index in [1.54, 1.807) is 28.3 Å². The van der Waals surface area contributed by atoms with E-state index >= 15 is 0 Å². The fourth-order valence-corrected chi connectivity index (χ4v) is 3.46. The number of morpholine rings is 1. The molecule has 130 valence electrons. The van der Waals surface area contributed by atoms with Crippen molar-refractivity contribution in [2.24, 2.45) is 0 Å². The molecule has 7 nitrogen and oxygen atoms in total. The Hall–Kier alpha value is -2.67. The minimum Gasteiger partial charge on any atom is -0.459 e. The molecule has 0 aromatic carbocycles. The van der Waals surface area contributed by atoms with Gasteiger partial charge in [0.05, 0.1) is 18.4 Å². The summed E-state index contributed by atoms with van der Waals surface area (Å²) in [6, 6.07) is 5.41. The lowest BCUT2D eigenvalue weighted by Crippen LogP contribution is -2.53. The molecule has 0 unspecified atom stereocenters. The number of likely N-dealkylation sites (tertiary alicyclic amines) is 1. The van der Waals surface area contributed by atoms with Gasteiger partial charge in [-0.3, -0.25) is 14.6 Å². The van der Waals surface area contributed by atoms with Crippen LogP contribution in [0.1, 0.15) is 21.7 Å². The second-order valence-corrected chi connectivity index (χ2v) is 6.44. The summed E-state index contributed by atoms with van der Waals surface area (Å²) >= 11 is 0. The molecule has 0 bridgehead atoms. The standard InChI is InChI=1S/C18H19N3O4/c1-12-4-6-24-17(12)18(23)20-9-14-15(10-20)25-11-16(22)21(14)8-13-3-2-5-19-7-13/h2-7,14-15H,8-11H2,1H3/t14-,15-/m1/s1. The van der Waals surface area contributed by atoms with E-state index in [9.17, 15) is 9.59 Å². The number of hydrogen-bond acceptors (Lipinski definition) is 5. The molecule has 4 heterocycles. The number of aromatic nitrogens is 1. The summed E-state index contributed by atoms with van der Waals surface area (Å²) in [6.07, 6.45) is 4.80. The van der Waals surface area contributed by atoms with Crippen molar-refractivity contribution < 1.29 is 18.7 Å². The van der Waals surface area contributed by atoms with Gasteiger partial charge in [0, 0.05) is 37.6 Å². The zero-order valence-electron chi connectivity index (χ0n) is 13.9. The molecule has 2 aromatic rings. The van der Waals surface area contributed by atoms with Crippen LogP contribution in [0.4, 0.5) is 0 Å². The molecule has 2 aliphatic heterocycles. The molecule has 0 aliphatic carbocycles. The molecule has 2 aliphatic rings. The number of pyridine rings is 1. The summed E-state index contributed by atoms with van der Waals surface area (Å²) in [4.78, 5) is 32.6. The largest absolute Gasteiger partial charge is 0.459 e. The van der Waals surface area contributed by atoms with Crippen LogP contribution in [-0.2, 0) is 16.1 Å². The first kappa shape index (κ1) is 15.8. The summed E-state index contributed by atoms with van der Waals surface area (Å²) in [7, 11) is 0. The molecule has 2 atom stereocenters. The summed E-state index contributed by atoms with van der Waals surface area (Å²) in [5, 5.41) is 0. The Kier molecular flexibility index (Phi) is 4.01. The number of fused-ring (bicyclic) bond motifs is 1. The van der Waals surface area contributed by atoms with Crippen LogP contribution in [0.2, 0.25) is 0 Å². The van der Waals surface area contributed by atoms with Gasteiger partial charge < -0.3 is 19.0 Å². The van der Waals surface area contributed by atoms with E-state index in [1.807, 2.05) is 19.1 Å². The van der Waals surface area contributed by atoms with E-state index in [0.29, 0.717) is 25.4 Å². The second kappa shape index (κ2) is 6.33. The van der Waals surface area contributed by atoms with Crippen molar-refractivity contribution in [3.63, 3.8) is 0 Å². The Bertz CT molecular complexity index is 789. The highest BCUT2D eigenvalue weighted by Crippen LogP contribution is 2.27. The van der Waals surface area contributed by atoms with Gasteiger partial charge in [0.15, 0.2) is 5.76 Å². The number of hydrogen-bond donors (Lipinski definition) is 0. The number of furan rings is 1. The summed E-state index contributed by atoms with van der Waals surface area (Å²) in [6.45, 7) is 3.26. The monoisotopic (exact) mass is 341 g/mol. The maximum Gasteiger partial charge on any atom is 0.289 e. The third kappa shape index (κ3) is 2.91. The highest BCUT2D eigenvalue weighted by atomic mass is 16.5. The predicted molar refractivity (Wildman–Crippen MR) is 87.7 cm³/mol. The molecule has 2 saturated heterocycles. The molecular weight excluding hydrogens is 322 g/mol. The normalized spacial score (nSPS) is 23.0. The molecule has 0 spiro atoms. The topological polar surface area (TPSA) is 75.9 Å². The van der Waals surface area contributed by atoms with Crippen molar-refractivity contribution in [1.29, 1.82) is 0 Å². The van der Waals surface area contributed by atoms with Crippen LogP contribution in [0.3, 0.4) is 0 Å². The minimum absolute atomic E-state index is 0.0449. The zero-order valence-corrected chi connectivity index (χ0v) is 13.9. The fraction of sp³-hybridized carbons (Fsp3) is 0.389. The lowest BCUT2D eigenvalue weighted by atomic mass is 10.1. The van der Waals surface area contributed by atoms with Crippen molar-refractivity contribution >= 4 is 11.8 Å². The van der Waals surface area contributed by atoms with Gasteiger partial charge in [-0.25, -0.2) is 0 Å². The molecule has 2 fully saturated rings. The van der Waals surface area contributed by atoms with Crippen LogP contribution in [0, 0.1) is 6.92 Å². The van der Waals surface area contributed by atoms with E-state index in [1.165, 1.54) is 6.26 Å². The molecule has 2 aromatic heterocycles. The van der Waals surface area contributed by atoms with Gasteiger partial charge in [0.25, 0.3) is 5.91 Å². The van der Waals surface area contributed by atoms with Crippen molar-refractivity contribution in [2.45, 2.75) is 25.6 Å². The van der Waals surface area contributed by atoms with E-state index < -0.39 is 0 Å². The van der Waals surface area contributed by atoms with Crippen molar-refractivity contribution in [3.8, 4) is 0 Å². The Balaban J connectivity index is 1.53. The first-order valence-corrected chi connectivity index (χ1v) is 8.27. The molecule has 0 radical (unpaired) electrons. The first-order valence-electron chi connectivity index (χ1n) is 8.27. The maximum absolute atomic E-state index is 12.7. The van der Waals surface area contributed by atoms with Gasteiger partial charge in [-0.05, 0) is 24.6 Å². The van der Waals surface area contributed by atoms with Crippen molar-refractivity contribution in [3.05, 3.63) is 53.7 Å². The molecular formula is C18H19N3O4. The highest BCUT2D eigenvalue weighted by Gasteiger charge is 2.45. The number of amides is 2. The highest BCUT2D eigenvalue weighted by molar-refractivity contribution is 5.93.